The molecule has 0 spiro atoms. The Balaban J connectivity index is 1.69. The van der Waals surface area contributed by atoms with Gasteiger partial charge in [-0.25, -0.2) is 0 Å². The molecule has 2 atom stereocenters. The van der Waals surface area contributed by atoms with Crippen LogP contribution in [-0.2, 0) is 9.59 Å². The number of anilines is 1. The van der Waals surface area contributed by atoms with Crippen LogP contribution in [0.25, 0.3) is 0 Å². The number of nitrogens with one attached hydrogen (secondary N) is 1. The Hall–Kier alpha value is -3.42. The third-order valence-corrected chi connectivity index (χ3v) is 4.60. The third kappa shape index (κ3) is 3.89. The average Bonchev–Trinajstić information content (AvgIpc) is 2.67. The fourth-order valence-corrected chi connectivity index (χ4v) is 2.87. The second-order valence-corrected chi connectivity index (χ2v) is 6.33. The number of carbonyl (C=O) groups is 2. The first-order valence-corrected chi connectivity index (χ1v) is 8.43. The lowest BCUT2D eigenvalue weighted by atomic mass is 10.1. The number of rotatable bonds is 5. The summed E-state index contributed by atoms with van der Waals surface area (Å²) in [4.78, 5) is 36.7. The summed E-state index contributed by atoms with van der Waals surface area (Å²) in [5, 5.41) is 13.7. The molecule has 3 rings (SSSR count). The molecule has 140 valence electrons. The van der Waals surface area contributed by atoms with Gasteiger partial charge < -0.3 is 15.0 Å². The van der Waals surface area contributed by atoms with Gasteiger partial charge >= 0.3 is 0 Å². The standard InChI is InChI=1S/C19H19N3O5/c1-12(13-6-5-7-14(10-13)22(25)26)21(2)18(23)11-17-19(24)20-15-8-3-4-9-16(15)27-17/h3-10,12,17H,11H2,1-2H3,(H,20,24)/t12-,17+/m1/s1. The molecule has 27 heavy (non-hydrogen) atoms. The molecule has 0 fully saturated rings. The maximum absolute atomic E-state index is 12.6. The number of nitro benzene ring substituents is 1. The molecule has 1 N–H and O–H groups in total. The number of benzene rings is 2. The monoisotopic (exact) mass is 369 g/mol. The number of nitro groups is 1. The van der Waals surface area contributed by atoms with E-state index in [0.29, 0.717) is 17.0 Å². The summed E-state index contributed by atoms with van der Waals surface area (Å²) in [5.74, 6) is -0.156. The fraction of sp³-hybridized carbons (Fsp3) is 0.263. The molecule has 2 aromatic rings. The molecule has 1 heterocycles. The van der Waals surface area contributed by atoms with E-state index in [1.807, 2.05) is 0 Å². The zero-order chi connectivity index (χ0) is 19.6. The normalized spacial score (nSPS) is 16.5. The molecular weight excluding hydrogens is 350 g/mol. The highest BCUT2D eigenvalue weighted by atomic mass is 16.6. The van der Waals surface area contributed by atoms with Crippen molar-refractivity contribution in [1.82, 2.24) is 4.90 Å². The van der Waals surface area contributed by atoms with E-state index in [4.69, 9.17) is 4.74 Å². The van der Waals surface area contributed by atoms with Crippen molar-refractivity contribution in [2.24, 2.45) is 0 Å². The lowest BCUT2D eigenvalue weighted by Crippen LogP contribution is -2.41. The van der Waals surface area contributed by atoms with Crippen LogP contribution in [0.1, 0.15) is 24.9 Å². The van der Waals surface area contributed by atoms with Crippen LogP contribution < -0.4 is 10.1 Å². The smallest absolute Gasteiger partial charge is 0.269 e. The van der Waals surface area contributed by atoms with Gasteiger partial charge in [-0.1, -0.05) is 24.3 Å². The SMILES string of the molecule is C[C@H](c1cccc([N+](=O)[O-])c1)N(C)C(=O)C[C@@H]1Oc2ccccc2NC1=O. The maximum Gasteiger partial charge on any atom is 0.269 e. The van der Waals surface area contributed by atoms with Crippen LogP contribution in [0.3, 0.4) is 0 Å². The number of non-ortho nitro benzene ring substituents is 1. The summed E-state index contributed by atoms with van der Waals surface area (Å²) in [6.07, 6.45) is -1.05. The predicted octanol–water partition coefficient (Wildman–Crippen LogP) is 2.90. The van der Waals surface area contributed by atoms with Crippen molar-refractivity contribution in [1.29, 1.82) is 0 Å². The van der Waals surface area contributed by atoms with Crippen molar-refractivity contribution >= 4 is 23.2 Å². The second-order valence-electron chi connectivity index (χ2n) is 6.33. The average molecular weight is 369 g/mol. The van der Waals surface area contributed by atoms with Crippen molar-refractivity contribution in [3.8, 4) is 5.75 Å². The summed E-state index contributed by atoms with van der Waals surface area (Å²) in [6, 6.07) is 12.8. The van der Waals surface area contributed by atoms with Crippen LogP contribution in [0.5, 0.6) is 5.75 Å². The summed E-state index contributed by atoms with van der Waals surface area (Å²) in [5.41, 5.74) is 1.18. The zero-order valence-corrected chi connectivity index (χ0v) is 14.9. The van der Waals surface area contributed by atoms with Crippen LogP contribution in [0.4, 0.5) is 11.4 Å². The number of fused-ring (bicyclic) bond motifs is 1. The third-order valence-electron chi connectivity index (χ3n) is 4.60. The van der Waals surface area contributed by atoms with Gasteiger partial charge in [-0.15, -0.1) is 0 Å². The molecule has 0 saturated carbocycles. The number of para-hydroxylation sites is 2. The quantitative estimate of drug-likeness (QED) is 0.645. The Bertz CT molecular complexity index is 898. The molecule has 1 aliphatic heterocycles. The van der Waals surface area contributed by atoms with E-state index in [1.165, 1.54) is 17.0 Å². The lowest BCUT2D eigenvalue weighted by molar-refractivity contribution is -0.384. The Morgan fingerprint density at radius 3 is 2.78 bits per heavy atom. The molecule has 0 aliphatic carbocycles. The minimum absolute atomic E-state index is 0.0354. The van der Waals surface area contributed by atoms with Crippen molar-refractivity contribution in [2.45, 2.75) is 25.5 Å². The van der Waals surface area contributed by atoms with Crippen LogP contribution >= 0.6 is 0 Å². The van der Waals surface area contributed by atoms with Crippen LogP contribution in [0.15, 0.2) is 48.5 Å². The number of nitrogens with zero attached hydrogens (tertiary/aromatic N) is 2. The molecule has 2 aromatic carbocycles. The van der Waals surface area contributed by atoms with E-state index >= 15 is 0 Å². The minimum Gasteiger partial charge on any atom is -0.478 e. The van der Waals surface area contributed by atoms with Gasteiger partial charge in [-0.3, -0.25) is 19.7 Å². The van der Waals surface area contributed by atoms with Gasteiger partial charge in [0.05, 0.1) is 23.1 Å². The molecule has 8 heteroatoms. The van der Waals surface area contributed by atoms with Gasteiger partial charge in [-0.05, 0) is 24.6 Å². The highest BCUT2D eigenvalue weighted by molar-refractivity contribution is 5.99. The molecule has 0 unspecified atom stereocenters. The van der Waals surface area contributed by atoms with Gasteiger partial charge in [0.1, 0.15) is 5.75 Å². The summed E-state index contributed by atoms with van der Waals surface area (Å²) < 4.78 is 5.65. The van der Waals surface area contributed by atoms with Gasteiger partial charge in [0, 0.05) is 19.2 Å². The molecule has 0 bridgehead atoms. The second kappa shape index (κ2) is 7.45. The predicted molar refractivity (Wildman–Crippen MR) is 98.4 cm³/mol. The Morgan fingerprint density at radius 2 is 2.04 bits per heavy atom. The number of hydrogen-bond donors (Lipinski definition) is 1. The Kier molecular flexibility index (Phi) is 5.07. The van der Waals surface area contributed by atoms with Crippen LogP contribution in [0, 0.1) is 10.1 Å². The van der Waals surface area contributed by atoms with Crippen LogP contribution in [0.2, 0.25) is 0 Å². The van der Waals surface area contributed by atoms with E-state index in [0.717, 1.165) is 0 Å². The highest BCUT2D eigenvalue weighted by Gasteiger charge is 2.31. The number of carbonyl (C=O) groups excluding carboxylic acids is 2. The first-order valence-electron chi connectivity index (χ1n) is 8.43. The summed E-state index contributed by atoms with van der Waals surface area (Å²) in [7, 11) is 1.60. The molecule has 0 radical (unpaired) electrons. The summed E-state index contributed by atoms with van der Waals surface area (Å²) >= 11 is 0. The zero-order valence-electron chi connectivity index (χ0n) is 14.9. The molecular formula is C19H19N3O5. The molecule has 2 amide bonds. The number of hydrogen-bond acceptors (Lipinski definition) is 5. The number of amides is 2. The van der Waals surface area contributed by atoms with E-state index in [1.54, 1.807) is 50.4 Å². The number of ether oxygens (including phenoxy) is 1. The van der Waals surface area contributed by atoms with Crippen molar-refractivity contribution < 1.29 is 19.2 Å². The highest BCUT2D eigenvalue weighted by Crippen LogP contribution is 2.30. The van der Waals surface area contributed by atoms with E-state index in [9.17, 15) is 19.7 Å². The molecule has 8 nitrogen and oxygen atoms in total. The van der Waals surface area contributed by atoms with E-state index < -0.39 is 17.1 Å². The van der Waals surface area contributed by atoms with Gasteiger partial charge in [0.2, 0.25) is 5.91 Å². The lowest BCUT2D eigenvalue weighted by Gasteiger charge is -2.29. The maximum atomic E-state index is 12.6. The topological polar surface area (TPSA) is 102 Å². The summed E-state index contributed by atoms with van der Waals surface area (Å²) in [6.45, 7) is 1.77. The first kappa shape index (κ1) is 18.4. The van der Waals surface area contributed by atoms with Crippen molar-refractivity contribution in [3.63, 3.8) is 0 Å². The van der Waals surface area contributed by atoms with Crippen molar-refractivity contribution in [2.75, 3.05) is 12.4 Å². The van der Waals surface area contributed by atoms with Gasteiger partial charge in [0.25, 0.3) is 11.6 Å². The Labute approximate surface area is 155 Å². The van der Waals surface area contributed by atoms with E-state index in [2.05, 4.69) is 5.32 Å². The van der Waals surface area contributed by atoms with Gasteiger partial charge in [0.15, 0.2) is 6.10 Å². The largest absolute Gasteiger partial charge is 0.478 e. The Morgan fingerprint density at radius 1 is 1.30 bits per heavy atom. The molecule has 1 aliphatic rings. The molecule has 0 aromatic heterocycles. The minimum atomic E-state index is -0.924. The fourth-order valence-electron chi connectivity index (χ4n) is 2.87. The van der Waals surface area contributed by atoms with Crippen molar-refractivity contribution in [3.05, 3.63) is 64.2 Å². The van der Waals surface area contributed by atoms with E-state index in [-0.39, 0.29) is 23.9 Å². The van der Waals surface area contributed by atoms with Crippen LogP contribution in [-0.4, -0.2) is 34.8 Å². The van der Waals surface area contributed by atoms with Gasteiger partial charge in [-0.2, -0.15) is 0 Å². The first-order chi connectivity index (χ1) is 12.9. The molecule has 0 saturated heterocycles.